The van der Waals surface area contributed by atoms with Gasteiger partial charge in [-0.2, -0.15) is 0 Å². The molecule has 0 saturated heterocycles. The topological polar surface area (TPSA) is 78.9 Å². The first kappa shape index (κ1) is 73.8. The standard InChI is InChI=1S/C71H126O6/c1-4-7-10-13-16-19-22-25-28-31-34-35-38-40-43-46-49-52-55-58-61-64-70(73)76-67-68(77-71(74)65-62-59-56-53-50-47-44-41-37-33-30-27-24-21-18-15-12-9-6-3)66-75-69(72)63-60-57-54-51-48-45-42-39-36-32-29-26-23-20-17-14-11-8-5-2/h18,21,25,27-28,30,37,41,47,50,56,59,68H,4-17,19-20,22-24,26,29,31-36,38-40,42-46,48-49,51-55,57-58,60-67H2,1-3H3/b21-18-,28-25-,30-27-,41-37-,50-47-,59-56-/t68-/m0/s1. The highest BCUT2D eigenvalue weighted by Gasteiger charge is 2.19. The first-order chi connectivity index (χ1) is 38.0. The van der Waals surface area contributed by atoms with Crippen LogP contribution < -0.4 is 0 Å². The Kier molecular flexibility index (Phi) is 62.7. The fourth-order valence-corrected chi connectivity index (χ4v) is 9.66. The number of rotatable bonds is 61. The maximum absolute atomic E-state index is 12.9. The van der Waals surface area contributed by atoms with Gasteiger partial charge in [-0.25, -0.2) is 0 Å². The van der Waals surface area contributed by atoms with Crippen LogP contribution in [0.2, 0.25) is 0 Å². The molecule has 0 aliphatic rings. The third-order valence-electron chi connectivity index (χ3n) is 14.7. The molecule has 0 unspecified atom stereocenters. The van der Waals surface area contributed by atoms with Gasteiger partial charge in [0.1, 0.15) is 13.2 Å². The fourth-order valence-electron chi connectivity index (χ4n) is 9.66. The van der Waals surface area contributed by atoms with E-state index in [1.165, 1.54) is 231 Å². The fraction of sp³-hybridized carbons (Fsp3) is 0.789. The van der Waals surface area contributed by atoms with Crippen molar-refractivity contribution in [1.82, 2.24) is 0 Å². The lowest BCUT2D eigenvalue weighted by molar-refractivity contribution is -0.166. The van der Waals surface area contributed by atoms with Crippen molar-refractivity contribution in [2.45, 2.75) is 348 Å². The molecule has 6 heteroatoms. The number of hydrogen-bond donors (Lipinski definition) is 0. The average Bonchev–Trinajstić information content (AvgIpc) is 3.43. The molecule has 0 heterocycles. The van der Waals surface area contributed by atoms with Crippen LogP contribution in [0.3, 0.4) is 0 Å². The predicted octanol–water partition coefficient (Wildman–Crippen LogP) is 22.9. The lowest BCUT2D eigenvalue weighted by Crippen LogP contribution is -2.30. The van der Waals surface area contributed by atoms with E-state index in [-0.39, 0.29) is 37.5 Å². The monoisotopic (exact) mass is 1070 g/mol. The molecule has 0 N–H and O–H groups in total. The van der Waals surface area contributed by atoms with E-state index >= 15 is 0 Å². The van der Waals surface area contributed by atoms with Crippen LogP contribution in [0, 0.1) is 0 Å². The first-order valence-electron chi connectivity index (χ1n) is 33.4. The Morgan fingerprint density at radius 3 is 0.818 bits per heavy atom. The summed E-state index contributed by atoms with van der Waals surface area (Å²) in [5, 5.41) is 0. The highest BCUT2D eigenvalue weighted by atomic mass is 16.6. The van der Waals surface area contributed by atoms with Crippen LogP contribution in [-0.2, 0) is 28.6 Å². The zero-order valence-corrected chi connectivity index (χ0v) is 51.2. The van der Waals surface area contributed by atoms with Crippen LogP contribution in [0.15, 0.2) is 72.9 Å². The molecule has 0 saturated carbocycles. The van der Waals surface area contributed by atoms with Gasteiger partial charge in [0.05, 0.1) is 0 Å². The van der Waals surface area contributed by atoms with Crippen molar-refractivity contribution < 1.29 is 28.6 Å². The quantitative estimate of drug-likeness (QED) is 0.0261. The van der Waals surface area contributed by atoms with E-state index in [0.717, 1.165) is 64.2 Å². The number of carbonyl (C=O) groups excluding carboxylic acids is 3. The third-order valence-corrected chi connectivity index (χ3v) is 14.7. The Hall–Kier alpha value is -3.15. The summed E-state index contributed by atoms with van der Waals surface area (Å²) in [5.74, 6) is -0.967. The molecule has 0 bridgehead atoms. The molecule has 0 aromatic heterocycles. The van der Waals surface area contributed by atoms with Crippen LogP contribution in [-0.4, -0.2) is 37.2 Å². The number of allylic oxidation sites excluding steroid dienone is 12. The van der Waals surface area contributed by atoms with E-state index in [0.29, 0.717) is 19.3 Å². The van der Waals surface area contributed by atoms with Gasteiger partial charge < -0.3 is 14.2 Å². The van der Waals surface area contributed by atoms with E-state index < -0.39 is 6.10 Å². The Labute approximate surface area is 478 Å². The summed E-state index contributed by atoms with van der Waals surface area (Å²) in [6.07, 6.45) is 85.0. The lowest BCUT2D eigenvalue weighted by atomic mass is 10.0. The first-order valence-corrected chi connectivity index (χ1v) is 33.4. The molecular formula is C71H126O6. The Morgan fingerprint density at radius 2 is 0.494 bits per heavy atom. The van der Waals surface area contributed by atoms with Crippen molar-refractivity contribution in [3.63, 3.8) is 0 Å². The highest BCUT2D eigenvalue weighted by Crippen LogP contribution is 2.17. The molecule has 0 amide bonds. The van der Waals surface area contributed by atoms with Crippen LogP contribution in [0.1, 0.15) is 342 Å². The molecule has 446 valence electrons. The van der Waals surface area contributed by atoms with E-state index in [9.17, 15) is 14.4 Å². The van der Waals surface area contributed by atoms with Crippen LogP contribution >= 0.6 is 0 Å². The number of ether oxygens (including phenoxy) is 3. The van der Waals surface area contributed by atoms with Crippen LogP contribution in [0.25, 0.3) is 0 Å². The molecule has 0 radical (unpaired) electrons. The minimum atomic E-state index is -0.815. The number of carbonyl (C=O) groups is 3. The highest BCUT2D eigenvalue weighted by molar-refractivity contribution is 5.71. The lowest BCUT2D eigenvalue weighted by Gasteiger charge is -2.18. The SMILES string of the molecule is CCCCC/C=C\C/C=C\C/C=C\C/C=C\C/C=C\CCC(=O)O[C@H](COC(=O)CCCCCCCCCCCCC/C=C\CCCCCCCC)COC(=O)CCCCCCCCCCCCCCCCCCCCC. The van der Waals surface area contributed by atoms with Crippen molar-refractivity contribution >= 4 is 17.9 Å². The predicted molar refractivity (Wildman–Crippen MR) is 335 cm³/mol. The van der Waals surface area contributed by atoms with Crippen LogP contribution in [0.4, 0.5) is 0 Å². The average molecular weight is 1080 g/mol. The number of hydrogen-bond acceptors (Lipinski definition) is 6. The van der Waals surface area contributed by atoms with E-state index in [1.807, 2.05) is 6.08 Å². The van der Waals surface area contributed by atoms with Gasteiger partial charge in [-0.3, -0.25) is 14.4 Å². The van der Waals surface area contributed by atoms with Gasteiger partial charge >= 0.3 is 17.9 Å². The second-order valence-corrected chi connectivity index (χ2v) is 22.4. The number of esters is 3. The molecule has 0 spiro atoms. The molecule has 0 aromatic rings. The zero-order valence-electron chi connectivity index (χ0n) is 51.2. The minimum absolute atomic E-state index is 0.102. The smallest absolute Gasteiger partial charge is 0.306 e. The molecule has 0 aromatic carbocycles. The van der Waals surface area contributed by atoms with Crippen molar-refractivity contribution in [1.29, 1.82) is 0 Å². The molecule has 77 heavy (non-hydrogen) atoms. The Bertz CT molecular complexity index is 1420. The van der Waals surface area contributed by atoms with Crippen LogP contribution in [0.5, 0.6) is 0 Å². The third kappa shape index (κ3) is 63.6. The Balaban J connectivity index is 4.43. The zero-order chi connectivity index (χ0) is 55.7. The summed E-state index contributed by atoms with van der Waals surface area (Å²) in [7, 11) is 0. The summed E-state index contributed by atoms with van der Waals surface area (Å²) in [6, 6.07) is 0. The second kappa shape index (κ2) is 65.4. The van der Waals surface area contributed by atoms with Crippen molar-refractivity contribution in [3.8, 4) is 0 Å². The second-order valence-electron chi connectivity index (χ2n) is 22.4. The van der Waals surface area contributed by atoms with Crippen molar-refractivity contribution in [2.24, 2.45) is 0 Å². The van der Waals surface area contributed by atoms with Crippen molar-refractivity contribution in [3.05, 3.63) is 72.9 Å². The van der Waals surface area contributed by atoms with Gasteiger partial charge in [-0.05, 0) is 83.5 Å². The summed E-state index contributed by atoms with van der Waals surface area (Å²) < 4.78 is 16.9. The molecule has 0 fully saturated rings. The molecule has 0 aliphatic heterocycles. The van der Waals surface area contributed by atoms with E-state index in [1.54, 1.807) is 0 Å². The summed E-state index contributed by atoms with van der Waals surface area (Å²) in [5.41, 5.74) is 0. The molecule has 1 atom stereocenters. The maximum Gasteiger partial charge on any atom is 0.306 e. The van der Waals surface area contributed by atoms with Gasteiger partial charge in [0, 0.05) is 19.3 Å². The van der Waals surface area contributed by atoms with Gasteiger partial charge in [0.2, 0.25) is 0 Å². The molecular weight excluding hydrogens is 949 g/mol. The maximum atomic E-state index is 12.9. The summed E-state index contributed by atoms with van der Waals surface area (Å²) in [4.78, 5) is 38.4. The van der Waals surface area contributed by atoms with Gasteiger partial charge in [0.25, 0.3) is 0 Å². The normalized spacial score (nSPS) is 12.5. The van der Waals surface area contributed by atoms with Gasteiger partial charge in [-0.15, -0.1) is 0 Å². The van der Waals surface area contributed by atoms with Gasteiger partial charge in [-0.1, -0.05) is 312 Å². The van der Waals surface area contributed by atoms with E-state index in [2.05, 4.69) is 87.6 Å². The minimum Gasteiger partial charge on any atom is -0.462 e. The van der Waals surface area contributed by atoms with Crippen molar-refractivity contribution in [2.75, 3.05) is 13.2 Å². The van der Waals surface area contributed by atoms with E-state index in [4.69, 9.17) is 14.2 Å². The summed E-state index contributed by atoms with van der Waals surface area (Å²) in [6.45, 7) is 6.60. The largest absolute Gasteiger partial charge is 0.462 e. The van der Waals surface area contributed by atoms with Gasteiger partial charge in [0.15, 0.2) is 6.10 Å². The summed E-state index contributed by atoms with van der Waals surface area (Å²) >= 11 is 0. The Morgan fingerprint density at radius 1 is 0.260 bits per heavy atom. The molecule has 0 aliphatic carbocycles. The molecule has 0 rings (SSSR count). The molecule has 6 nitrogen and oxygen atoms in total. The number of unbranched alkanes of at least 4 members (excludes halogenated alkanes) is 38.